The summed E-state index contributed by atoms with van der Waals surface area (Å²) in [5, 5.41) is 9.70. The highest BCUT2D eigenvalue weighted by Crippen LogP contribution is 2.17. The summed E-state index contributed by atoms with van der Waals surface area (Å²) in [6, 6.07) is 7.37. The number of benzene rings is 1. The van der Waals surface area contributed by atoms with Gasteiger partial charge in [-0.3, -0.25) is 4.79 Å². The number of ketones is 1. The second-order valence-corrected chi connectivity index (χ2v) is 3.87. The van der Waals surface area contributed by atoms with Crippen molar-refractivity contribution in [2.24, 2.45) is 5.92 Å². The van der Waals surface area contributed by atoms with Gasteiger partial charge in [0.2, 0.25) is 0 Å². The minimum Gasteiger partial charge on any atom is -0.381 e. The molecule has 0 heterocycles. The van der Waals surface area contributed by atoms with Crippen LogP contribution in [0.25, 0.3) is 0 Å². The van der Waals surface area contributed by atoms with Crippen LogP contribution in [0.3, 0.4) is 0 Å². The van der Waals surface area contributed by atoms with Gasteiger partial charge in [0, 0.05) is 5.92 Å². The molecule has 0 amide bonds. The SMILES string of the molecule is Cc1ccc([C@H](O)C(=O)C(C)C)cc1. The van der Waals surface area contributed by atoms with Crippen LogP contribution in [-0.4, -0.2) is 10.9 Å². The Morgan fingerprint density at radius 3 is 2.14 bits per heavy atom. The molecule has 0 saturated heterocycles. The van der Waals surface area contributed by atoms with Gasteiger partial charge in [-0.2, -0.15) is 0 Å². The Hall–Kier alpha value is -1.15. The van der Waals surface area contributed by atoms with E-state index in [2.05, 4.69) is 0 Å². The van der Waals surface area contributed by atoms with Crippen LogP contribution in [0.15, 0.2) is 24.3 Å². The molecular formula is C12H16O2. The molecule has 0 fully saturated rings. The van der Waals surface area contributed by atoms with Crippen molar-refractivity contribution in [3.05, 3.63) is 35.4 Å². The summed E-state index contributed by atoms with van der Waals surface area (Å²) < 4.78 is 0. The first-order valence-corrected chi connectivity index (χ1v) is 4.80. The zero-order valence-electron chi connectivity index (χ0n) is 8.82. The van der Waals surface area contributed by atoms with Gasteiger partial charge >= 0.3 is 0 Å². The lowest BCUT2D eigenvalue weighted by Gasteiger charge is -2.12. The number of aryl methyl sites for hydroxylation is 1. The zero-order chi connectivity index (χ0) is 10.7. The summed E-state index contributed by atoms with van der Waals surface area (Å²) in [6.07, 6.45) is -0.976. The first kappa shape index (κ1) is 10.9. The van der Waals surface area contributed by atoms with E-state index >= 15 is 0 Å². The van der Waals surface area contributed by atoms with Gasteiger partial charge in [0.25, 0.3) is 0 Å². The zero-order valence-corrected chi connectivity index (χ0v) is 8.82. The minimum atomic E-state index is -0.976. The summed E-state index contributed by atoms with van der Waals surface area (Å²) in [4.78, 5) is 11.5. The monoisotopic (exact) mass is 192 g/mol. The Morgan fingerprint density at radius 1 is 1.21 bits per heavy atom. The van der Waals surface area contributed by atoms with Crippen LogP contribution in [0.5, 0.6) is 0 Å². The summed E-state index contributed by atoms with van der Waals surface area (Å²) in [6.45, 7) is 5.56. The molecule has 0 spiro atoms. The molecule has 1 aromatic carbocycles. The van der Waals surface area contributed by atoms with E-state index in [0.717, 1.165) is 5.56 Å². The molecule has 0 aromatic heterocycles. The Balaban J connectivity index is 2.84. The van der Waals surface area contributed by atoms with E-state index in [4.69, 9.17) is 0 Å². The summed E-state index contributed by atoms with van der Waals surface area (Å²) in [5.41, 5.74) is 1.80. The Kier molecular flexibility index (Phi) is 3.42. The number of hydrogen-bond donors (Lipinski definition) is 1. The molecule has 2 nitrogen and oxygen atoms in total. The lowest BCUT2D eigenvalue weighted by Crippen LogP contribution is -2.17. The fourth-order valence-corrected chi connectivity index (χ4v) is 1.23. The Bertz CT molecular complexity index is 312. The highest BCUT2D eigenvalue weighted by molar-refractivity contribution is 5.85. The van der Waals surface area contributed by atoms with E-state index in [-0.39, 0.29) is 11.7 Å². The van der Waals surface area contributed by atoms with Gasteiger partial charge in [0.05, 0.1) is 0 Å². The van der Waals surface area contributed by atoms with Crippen LogP contribution in [0.1, 0.15) is 31.1 Å². The standard InChI is InChI=1S/C12H16O2/c1-8(2)11(13)12(14)10-6-4-9(3)5-7-10/h4-8,12,14H,1-3H3/t12-/m0/s1. The first-order chi connectivity index (χ1) is 6.52. The van der Waals surface area contributed by atoms with E-state index in [1.165, 1.54) is 0 Å². The lowest BCUT2D eigenvalue weighted by atomic mass is 9.97. The third-order valence-electron chi connectivity index (χ3n) is 2.23. The number of rotatable bonds is 3. The molecule has 2 heteroatoms. The number of aliphatic hydroxyl groups excluding tert-OH is 1. The summed E-state index contributed by atoms with van der Waals surface area (Å²) in [7, 11) is 0. The van der Waals surface area contributed by atoms with Gasteiger partial charge in [-0.05, 0) is 12.5 Å². The van der Waals surface area contributed by atoms with E-state index in [9.17, 15) is 9.90 Å². The van der Waals surface area contributed by atoms with Crippen LogP contribution < -0.4 is 0 Å². The minimum absolute atomic E-state index is 0.131. The molecule has 1 N–H and O–H groups in total. The van der Waals surface area contributed by atoms with Gasteiger partial charge in [0.1, 0.15) is 6.10 Å². The van der Waals surface area contributed by atoms with Crippen molar-refractivity contribution < 1.29 is 9.90 Å². The van der Waals surface area contributed by atoms with Crippen molar-refractivity contribution in [2.45, 2.75) is 26.9 Å². The van der Waals surface area contributed by atoms with Crippen LogP contribution in [0.4, 0.5) is 0 Å². The van der Waals surface area contributed by atoms with Gasteiger partial charge < -0.3 is 5.11 Å². The molecule has 1 aromatic rings. The van der Waals surface area contributed by atoms with Gasteiger partial charge in [-0.15, -0.1) is 0 Å². The summed E-state index contributed by atoms with van der Waals surface area (Å²) in [5.74, 6) is -0.264. The van der Waals surface area contributed by atoms with Gasteiger partial charge in [0.15, 0.2) is 5.78 Å². The molecule has 0 aliphatic rings. The highest BCUT2D eigenvalue weighted by atomic mass is 16.3. The molecule has 0 unspecified atom stereocenters. The fraction of sp³-hybridized carbons (Fsp3) is 0.417. The van der Waals surface area contributed by atoms with E-state index in [0.29, 0.717) is 5.56 Å². The van der Waals surface area contributed by atoms with Crippen molar-refractivity contribution in [3.8, 4) is 0 Å². The number of aliphatic hydroxyl groups is 1. The number of carbonyl (C=O) groups excluding carboxylic acids is 1. The van der Waals surface area contributed by atoms with Gasteiger partial charge in [-0.25, -0.2) is 0 Å². The molecule has 0 radical (unpaired) electrons. The molecule has 76 valence electrons. The second-order valence-electron chi connectivity index (χ2n) is 3.87. The molecule has 0 bridgehead atoms. The van der Waals surface area contributed by atoms with Crippen molar-refractivity contribution in [3.63, 3.8) is 0 Å². The predicted octanol–water partition coefficient (Wildman–Crippen LogP) is 2.25. The van der Waals surface area contributed by atoms with Crippen LogP contribution in [0.2, 0.25) is 0 Å². The van der Waals surface area contributed by atoms with Crippen LogP contribution in [-0.2, 0) is 4.79 Å². The molecule has 0 aliphatic carbocycles. The fourth-order valence-electron chi connectivity index (χ4n) is 1.23. The second kappa shape index (κ2) is 4.38. The van der Waals surface area contributed by atoms with Crippen molar-refractivity contribution in [1.82, 2.24) is 0 Å². The average molecular weight is 192 g/mol. The maximum atomic E-state index is 11.5. The average Bonchev–Trinajstić information content (AvgIpc) is 2.16. The Labute approximate surface area is 84.6 Å². The molecular weight excluding hydrogens is 176 g/mol. The topological polar surface area (TPSA) is 37.3 Å². The smallest absolute Gasteiger partial charge is 0.168 e. The van der Waals surface area contributed by atoms with Crippen LogP contribution in [0, 0.1) is 12.8 Å². The number of hydrogen-bond acceptors (Lipinski definition) is 2. The molecule has 1 rings (SSSR count). The van der Waals surface area contributed by atoms with E-state index in [1.54, 1.807) is 26.0 Å². The molecule has 1 atom stereocenters. The van der Waals surface area contributed by atoms with E-state index in [1.807, 2.05) is 19.1 Å². The predicted molar refractivity (Wildman–Crippen MR) is 56.0 cm³/mol. The highest BCUT2D eigenvalue weighted by Gasteiger charge is 2.19. The van der Waals surface area contributed by atoms with Crippen molar-refractivity contribution >= 4 is 5.78 Å². The maximum absolute atomic E-state index is 11.5. The molecule has 14 heavy (non-hydrogen) atoms. The molecule has 0 saturated carbocycles. The third kappa shape index (κ3) is 2.42. The third-order valence-corrected chi connectivity index (χ3v) is 2.23. The van der Waals surface area contributed by atoms with Crippen molar-refractivity contribution in [2.75, 3.05) is 0 Å². The van der Waals surface area contributed by atoms with Crippen LogP contribution >= 0.6 is 0 Å². The normalized spacial score (nSPS) is 12.9. The maximum Gasteiger partial charge on any atom is 0.168 e. The summed E-state index contributed by atoms with van der Waals surface area (Å²) >= 11 is 0. The number of carbonyl (C=O) groups is 1. The largest absolute Gasteiger partial charge is 0.381 e. The Morgan fingerprint density at radius 2 is 1.71 bits per heavy atom. The van der Waals surface area contributed by atoms with E-state index < -0.39 is 6.10 Å². The lowest BCUT2D eigenvalue weighted by molar-refractivity contribution is -0.130. The quantitative estimate of drug-likeness (QED) is 0.797. The number of Topliss-reactive ketones (excluding diaryl/α,β-unsaturated/α-hetero) is 1. The first-order valence-electron chi connectivity index (χ1n) is 4.80. The van der Waals surface area contributed by atoms with Crippen molar-refractivity contribution in [1.29, 1.82) is 0 Å². The van der Waals surface area contributed by atoms with Gasteiger partial charge in [-0.1, -0.05) is 43.7 Å². The molecule has 0 aliphatic heterocycles.